The summed E-state index contributed by atoms with van der Waals surface area (Å²) < 4.78 is 8.24. The number of halogens is 5. The summed E-state index contributed by atoms with van der Waals surface area (Å²) in [5.41, 5.74) is 7.19. The van der Waals surface area contributed by atoms with E-state index in [1.165, 1.54) is 92.9 Å². The lowest BCUT2D eigenvalue weighted by Gasteiger charge is -2.10. The summed E-state index contributed by atoms with van der Waals surface area (Å²) in [6.07, 6.45) is 21.5. The van der Waals surface area contributed by atoms with Gasteiger partial charge in [0.05, 0.1) is 51.7 Å². The number of rotatable bonds is 12. The second-order valence-electron chi connectivity index (χ2n) is 13.8. The minimum Gasteiger partial charge on any atom is -0.352 e. The van der Waals surface area contributed by atoms with Crippen molar-refractivity contribution in [3.05, 3.63) is 123 Å². The van der Waals surface area contributed by atoms with Crippen molar-refractivity contribution in [2.45, 2.75) is 64.5 Å². The van der Waals surface area contributed by atoms with Gasteiger partial charge in [0.15, 0.2) is 0 Å². The molecule has 11 heteroatoms. The average molecular weight is 1070 g/mol. The van der Waals surface area contributed by atoms with Crippen molar-refractivity contribution in [1.29, 1.82) is 0 Å². The van der Waals surface area contributed by atoms with Gasteiger partial charge in [-0.25, -0.2) is 0 Å². The molecule has 0 amide bonds. The third-order valence-corrected chi connectivity index (χ3v) is 13.3. The lowest BCUT2D eigenvalue weighted by atomic mass is 10.2. The number of alkyl halides is 2. The highest BCUT2D eigenvalue weighted by Crippen LogP contribution is 2.35. The number of nitrogens with zero attached hydrogens (tertiary/aromatic N) is 5. The number of hydrogen-bond donors (Lipinski definition) is 1. The highest BCUT2D eigenvalue weighted by molar-refractivity contribution is 9.11. The number of benzene rings is 3. The van der Waals surface area contributed by atoms with E-state index in [0.29, 0.717) is 0 Å². The summed E-state index contributed by atoms with van der Waals surface area (Å²) in [6.45, 7) is 2.00. The monoisotopic (exact) mass is 1060 g/mol. The molecule has 6 aromatic heterocycles. The number of pyridine rings is 3. The molecule has 0 spiro atoms. The summed E-state index contributed by atoms with van der Waals surface area (Å²) in [5, 5.41) is 9.90. The molecule has 1 N–H and O–H groups in total. The van der Waals surface area contributed by atoms with E-state index in [-0.39, 0.29) is 0 Å². The van der Waals surface area contributed by atoms with E-state index in [9.17, 15) is 0 Å². The average Bonchev–Trinajstić information content (AvgIpc) is 3.88. The van der Waals surface area contributed by atoms with Crippen molar-refractivity contribution in [2.75, 3.05) is 10.7 Å². The van der Waals surface area contributed by atoms with E-state index in [4.69, 9.17) is 0 Å². The Balaban J connectivity index is 0.000000178. The van der Waals surface area contributed by atoms with Gasteiger partial charge in [-0.15, -0.1) is 0 Å². The molecule has 0 atom stereocenters. The van der Waals surface area contributed by atoms with Gasteiger partial charge in [0, 0.05) is 88.1 Å². The Morgan fingerprint density at radius 2 is 0.893 bits per heavy atom. The number of fused-ring (bicyclic) bond motifs is 9. The molecule has 0 aliphatic rings. The molecule has 9 rings (SSSR count). The maximum absolute atomic E-state index is 4.39. The fourth-order valence-electron chi connectivity index (χ4n) is 7.55. The van der Waals surface area contributed by atoms with Crippen molar-refractivity contribution in [1.82, 2.24) is 29.1 Å². The number of nitrogens with one attached hydrogen (secondary N) is 1. The zero-order valence-corrected chi connectivity index (χ0v) is 38.9. The Morgan fingerprint density at radius 3 is 1.41 bits per heavy atom. The summed E-state index contributed by atoms with van der Waals surface area (Å²) >= 11 is 17.9. The van der Waals surface area contributed by atoms with E-state index in [2.05, 4.69) is 163 Å². The molecule has 0 aliphatic heterocycles. The Kier molecular flexibility index (Phi) is 14.7. The van der Waals surface area contributed by atoms with Gasteiger partial charge in [0.1, 0.15) is 0 Å². The first-order valence-corrected chi connectivity index (χ1v) is 23.8. The Bertz CT molecular complexity index is 2570. The normalized spacial score (nSPS) is 11.4. The number of aryl methyl sites for hydroxylation is 2. The number of aromatic amines is 1. The van der Waals surface area contributed by atoms with E-state index in [0.717, 1.165) is 61.0 Å². The second-order valence-corrected chi connectivity index (χ2v) is 17.9. The highest BCUT2D eigenvalue weighted by Gasteiger charge is 2.14. The largest absolute Gasteiger partial charge is 0.352 e. The molecule has 0 saturated carbocycles. The third-order valence-electron chi connectivity index (χ3n) is 10.2. The minimum absolute atomic E-state index is 0.999. The van der Waals surface area contributed by atoms with Gasteiger partial charge in [0.2, 0.25) is 0 Å². The molecule has 6 heterocycles. The maximum atomic E-state index is 4.39. The summed E-state index contributed by atoms with van der Waals surface area (Å²) in [7, 11) is 0. The molecule has 0 aliphatic carbocycles. The molecule has 0 fully saturated rings. The predicted molar refractivity (Wildman–Crippen MR) is 256 cm³/mol. The molecule has 56 heavy (non-hydrogen) atoms. The first kappa shape index (κ1) is 41.1. The van der Waals surface area contributed by atoms with Crippen LogP contribution >= 0.6 is 79.6 Å². The SMILES string of the molecule is BrCCCCCCBr.Brc1cccc2c1[nH]c1cnccc12.Brc1cccc2c3ccncc3n(CCCCCCn3c4cnccc4c4cccc(Br)c43)c12. The molecule has 0 radical (unpaired) electrons. The lowest BCUT2D eigenvalue weighted by Crippen LogP contribution is -2.00. The lowest BCUT2D eigenvalue weighted by molar-refractivity contribution is 0.559. The highest BCUT2D eigenvalue weighted by atomic mass is 79.9. The predicted octanol–water partition coefficient (Wildman–Crippen LogP) is 15.3. The van der Waals surface area contributed by atoms with Gasteiger partial charge in [-0.2, -0.15) is 0 Å². The van der Waals surface area contributed by atoms with Crippen molar-refractivity contribution >= 4 is 145 Å². The minimum atomic E-state index is 0.999. The van der Waals surface area contributed by atoms with Crippen LogP contribution in [0.1, 0.15) is 51.4 Å². The first-order valence-electron chi connectivity index (χ1n) is 19.1. The Morgan fingerprint density at radius 1 is 0.446 bits per heavy atom. The van der Waals surface area contributed by atoms with Crippen LogP contribution in [0.3, 0.4) is 0 Å². The summed E-state index contributed by atoms with van der Waals surface area (Å²) in [6, 6.07) is 25.4. The van der Waals surface area contributed by atoms with Gasteiger partial charge in [-0.1, -0.05) is 93.9 Å². The molecule has 0 unspecified atom stereocenters. The molecule has 288 valence electrons. The van der Waals surface area contributed by atoms with E-state index in [1.54, 1.807) is 0 Å². The smallest absolute Gasteiger partial charge is 0.0678 e. The zero-order chi connectivity index (χ0) is 38.9. The molecule has 0 saturated heterocycles. The Labute approximate surface area is 369 Å². The molecule has 3 aromatic carbocycles. The maximum Gasteiger partial charge on any atom is 0.0678 e. The molecular weight excluding hydrogens is 1020 g/mol. The van der Waals surface area contributed by atoms with E-state index < -0.39 is 0 Å². The molecule has 0 bridgehead atoms. The van der Waals surface area contributed by atoms with Gasteiger partial charge in [-0.3, -0.25) is 15.0 Å². The number of aromatic nitrogens is 6. The van der Waals surface area contributed by atoms with Crippen LogP contribution in [-0.2, 0) is 13.1 Å². The van der Waals surface area contributed by atoms with Crippen molar-refractivity contribution in [3.8, 4) is 0 Å². The number of unbranched alkanes of at least 4 members (excludes halogenated alkanes) is 6. The van der Waals surface area contributed by atoms with Gasteiger partial charge >= 0.3 is 0 Å². The van der Waals surface area contributed by atoms with Crippen LogP contribution in [0.2, 0.25) is 0 Å². The van der Waals surface area contributed by atoms with Crippen LogP contribution in [-0.4, -0.2) is 39.7 Å². The topological polar surface area (TPSA) is 64.3 Å². The van der Waals surface area contributed by atoms with Crippen LogP contribution in [0.4, 0.5) is 0 Å². The molecule has 9 aromatic rings. The summed E-state index contributed by atoms with van der Waals surface area (Å²) in [5.74, 6) is 0. The van der Waals surface area contributed by atoms with Crippen LogP contribution < -0.4 is 0 Å². The van der Waals surface area contributed by atoms with Crippen LogP contribution in [0.5, 0.6) is 0 Å². The fourth-order valence-corrected chi connectivity index (χ4v) is 9.97. The second kappa shape index (κ2) is 20.1. The standard InChI is InChI=1S/C28H24Br2N4.C11H7BrN2.C6H12Br2/c29-23-9-5-7-21-19-11-13-31-17-25(19)33(27(21)23)15-3-1-2-4-16-34-26-18-32-14-12-20(26)22-8-6-10-24(30)28(22)34;12-9-3-1-2-8-7-4-5-13-6-10(7)14-11(8)9;7-5-3-1-2-4-6-8/h5-14,17-18H,1-4,15-16H2;1-6,14H;1-6H2. The Hall–Kier alpha value is -3.09. The number of hydrogen-bond acceptors (Lipinski definition) is 3. The van der Waals surface area contributed by atoms with Crippen LogP contribution in [0.15, 0.2) is 123 Å². The number of para-hydroxylation sites is 3. The third kappa shape index (κ3) is 9.12. The van der Waals surface area contributed by atoms with Crippen LogP contribution in [0.25, 0.3) is 65.4 Å². The quantitative estimate of drug-likeness (QED) is 0.0979. The van der Waals surface area contributed by atoms with Crippen molar-refractivity contribution in [2.24, 2.45) is 0 Å². The van der Waals surface area contributed by atoms with Crippen molar-refractivity contribution < 1.29 is 0 Å². The molecular formula is C45H43Br5N6. The van der Waals surface area contributed by atoms with Crippen molar-refractivity contribution in [3.63, 3.8) is 0 Å². The van der Waals surface area contributed by atoms with Gasteiger partial charge < -0.3 is 14.1 Å². The van der Waals surface area contributed by atoms with E-state index >= 15 is 0 Å². The zero-order valence-electron chi connectivity index (χ0n) is 31.0. The fraction of sp³-hybridized carbons (Fsp3) is 0.267. The number of H-pyrrole nitrogens is 1. The van der Waals surface area contributed by atoms with Gasteiger partial charge in [0.25, 0.3) is 0 Å². The van der Waals surface area contributed by atoms with E-state index in [1.807, 2.05) is 55.4 Å². The van der Waals surface area contributed by atoms with Crippen LogP contribution in [0, 0.1) is 0 Å². The first-order chi connectivity index (χ1) is 27.5. The summed E-state index contributed by atoms with van der Waals surface area (Å²) in [4.78, 5) is 16.2. The van der Waals surface area contributed by atoms with Gasteiger partial charge in [-0.05, 0) is 110 Å². The molecule has 6 nitrogen and oxygen atoms in total.